The Kier molecular flexibility index (Phi) is 17.4. The van der Waals surface area contributed by atoms with E-state index in [2.05, 4.69) is 46.5 Å². The molecule has 8 rings (SSSR count). The van der Waals surface area contributed by atoms with Gasteiger partial charge in [0.05, 0.1) is 70.4 Å². The number of likely N-dealkylation sites (tertiary alicyclic amines) is 1. The number of carbonyl (C=O) groups is 6. The van der Waals surface area contributed by atoms with E-state index in [-0.39, 0.29) is 68.9 Å². The summed E-state index contributed by atoms with van der Waals surface area (Å²) in [7, 11) is 4.35. The van der Waals surface area contributed by atoms with Crippen LogP contribution >= 0.6 is 11.3 Å². The van der Waals surface area contributed by atoms with Crippen LogP contribution in [0.3, 0.4) is 0 Å². The Morgan fingerprint density at radius 3 is 2.44 bits per heavy atom. The molecule has 0 bridgehead atoms. The second-order valence-electron chi connectivity index (χ2n) is 19.6. The number of anilines is 4. The molecular formula is C54H61FN12O10S. The first-order valence-corrected chi connectivity index (χ1v) is 25.8. The van der Waals surface area contributed by atoms with Crippen molar-refractivity contribution in [2.75, 3.05) is 71.4 Å². The molecule has 22 nitrogen and oxygen atoms in total. The highest BCUT2D eigenvalue weighted by atomic mass is 32.1. The van der Waals surface area contributed by atoms with Crippen LogP contribution in [0.2, 0.25) is 0 Å². The maximum absolute atomic E-state index is 14.8. The molecule has 5 heterocycles. The number of nitrogens with one attached hydrogen (secondary N) is 6. The van der Waals surface area contributed by atoms with Gasteiger partial charge in [-0.05, 0) is 59.9 Å². The number of carbonyl (C=O) groups excluding carboxylic acids is 6. The Hall–Kier alpha value is -8.32. The first kappa shape index (κ1) is 55.9. The zero-order valence-corrected chi connectivity index (χ0v) is 44.9. The highest BCUT2D eigenvalue weighted by Gasteiger charge is 2.44. The molecule has 5 amide bonds. The van der Waals surface area contributed by atoms with Gasteiger partial charge in [-0.3, -0.25) is 33.3 Å². The molecule has 3 aromatic carbocycles. The molecule has 78 heavy (non-hydrogen) atoms. The number of hydrogen-bond donors (Lipinski definition) is 7. The molecule has 1 fully saturated rings. The molecule has 24 heteroatoms. The van der Waals surface area contributed by atoms with Gasteiger partial charge in [0.25, 0.3) is 11.8 Å². The summed E-state index contributed by atoms with van der Waals surface area (Å²) in [5, 5.41) is 26.1. The number of H-pyrrole nitrogens is 1. The number of nitrogens with zero attached hydrogens (tertiary/aromatic N) is 6. The predicted molar refractivity (Wildman–Crippen MR) is 290 cm³/mol. The topological polar surface area (TPSA) is 276 Å². The van der Waals surface area contributed by atoms with Gasteiger partial charge in [-0.15, -0.1) is 11.3 Å². The number of aliphatic hydroxyl groups excluding tert-OH is 1. The number of thiazole rings is 1. The van der Waals surface area contributed by atoms with Crippen LogP contribution in [-0.4, -0.2) is 154 Å². The summed E-state index contributed by atoms with van der Waals surface area (Å²) < 4.78 is 32.9. The smallest absolute Gasteiger partial charge is 0.256 e. The summed E-state index contributed by atoms with van der Waals surface area (Å²) in [4.78, 5) is 100. The fourth-order valence-electron chi connectivity index (χ4n) is 8.87. The first-order valence-electron chi connectivity index (χ1n) is 24.9. The molecule has 0 radical (unpaired) electrons. The number of hydrogen-bond acceptors (Lipinski definition) is 16. The number of aliphatic hydroxyl groups is 1. The Bertz CT molecular complexity index is 3350. The van der Waals surface area contributed by atoms with Crippen LogP contribution in [0, 0.1) is 18.2 Å². The molecule has 410 valence electrons. The maximum atomic E-state index is 14.8. The number of ether oxygens (including phenoxy) is 3. The second kappa shape index (κ2) is 24.3. The number of likely N-dealkylation sites (N-methyl/N-ethyl adjacent to an activating group) is 1. The van der Waals surface area contributed by atoms with Crippen molar-refractivity contribution in [3.05, 3.63) is 107 Å². The molecule has 4 aromatic heterocycles. The molecule has 7 aromatic rings. The molecule has 1 aliphatic rings. The molecule has 1 saturated heterocycles. The van der Waals surface area contributed by atoms with E-state index < -0.39 is 71.5 Å². The summed E-state index contributed by atoms with van der Waals surface area (Å²) in [5.74, 6) is -3.05. The Morgan fingerprint density at radius 1 is 0.974 bits per heavy atom. The van der Waals surface area contributed by atoms with Crippen LogP contribution in [0.25, 0.3) is 32.4 Å². The number of aromatic amines is 1. The van der Waals surface area contributed by atoms with Crippen LogP contribution in [0.4, 0.5) is 27.5 Å². The number of aromatic nitrogens is 5. The number of amides is 5. The average Bonchev–Trinajstić information content (AvgIpc) is 4.25. The van der Waals surface area contributed by atoms with E-state index >= 15 is 0 Å². The lowest BCUT2D eigenvalue weighted by molar-refractivity contribution is -0.144. The SMILES string of the molecule is CNC(=O)c1c(F)cccc1Nc1nc(Nc2cc3c(ccn3C(=O)CN(C)C(=O)COCCOCC(=O)N[C@H](C(=O)N3C[C@H](O)C[C@H]3C(=O)NCc3ccc(-c4scnc4C)cc3)C(C)(C)C)cc2OC)nc2[nH]ccc12. The number of aryl methyl sites for hydroxylation is 1. The van der Waals surface area contributed by atoms with E-state index in [0.29, 0.717) is 33.4 Å². The third-order valence-corrected chi connectivity index (χ3v) is 14.0. The fourth-order valence-corrected chi connectivity index (χ4v) is 9.68. The standard InChI is InChI=1S/C54H61FN12O10S/c1-30-46(78-29-59-30)32-13-11-31(12-14-32)24-58-50(72)40-22-34(68)25-67(40)52(74)47(54(2,3)4)62-42(69)27-76-19-20-77-28-44(71)65(6)26-43(70)66-18-16-33-21-41(75-7)38(23-39(33)66)61-53-63-48-35(15-17-57-48)49(64-53)60-37-10-8-9-36(55)45(37)51(73)56-5/h8-18,21,23,29,34,40,47,68H,19-20,22,24-28H2,1-7H3,(H,56,73)(H,58,72)(H,62,69)(H3,57,60,61,63,64)/t34-,40+,47-/m1/s1. The van der Waals surface area contributed by atoms with Gasteiger partial charge >= 0.3 is 0 Å². The van der Waals surface area contributed by atoms with Gasteiger partial charge in [-0.2, -0.15) is 9.97 Å². The largest absolute Gasteiger partial charge is 0.495 e. The van der Waals surface area contributed by atoms with Crippen LogP contribution in [0.5, 0.6) is 5.75 Å². The number of β-amino-alcohol motifs (C(OH)–C–C–N with tert-alkyl or cyclic N) is 1. The quantitative estimate of drug-likeness (QED) is 0.0451. The molecule has 0 aliphatic carbocycles. The molecule has 3 atom stereocenters. The average molecular weight is 1090 g/mol. The Morgan fingerprint density at radius 2 is 1.73 bits per heavy atom. The number of rotatable bonds is 21. The van der Waals surface area contributed by atoms with Crippen molar-refractivity contribution in [1.29, 1.82) is 0 Å². The van der Waals surface area contributed by atoms with E-state index in [1.54, 1.807) is 80.3 Å². The van der Waals surface area contributed by atoms with Gasteiger partial charge in [0.1, 0.15) is 54.9 Å². The van der Waals surface area contributed by atoms with E-state index in [4.69, 9.17) is 14.2 Å². The zero-order valence-electron chi connectivity index (χ0n) is 44.1. The van der Waals surface area contributed by atoms with Crippen molar-refractivity contribution < 1.29 is 52.5 Å². The van der Waals surface area contributed by atoms with E-state index in [1.807, 2.05) is 31.2 Å². The summed E-state index contributed by atoms with van der Waals surface area (Å²) in [6, 6.07) is 16.8. The summed E-state index contributed by atoms with van der Waals surface area (Å²) in [6.07, 6.45) is 2.35. The maximum Gasteiger partial charge on any atom is 0.256 e. The van der Waals surface area contributed by atoms with Gasteiger partial charge < -0.3 is 60.7 Å². The van der Waals surface area contributed by atoms with Crippen LogP contribution in [0.15, 0.2) is 84.6 Å². The summed E-state index contributed by atoms with van der Waals surface area (Å²) in [6.45, 7) is 6.15. The van der Waals surface area contributed by atoms with Gasteiger partial charge in [-0.1, -0.05) is 51.1 Å². The second-order valence-corrected chi connectivity index (χ2v) is 20.5. The Balaban J connectivity index is 0.804. The lowest BCUT2D eigenvalue weighted by atomic mass is 9.85. The molecular weight excluding hydrogens is 1030 g/mol. The predicted octanol–water partition coefficient (Wildman–Crippen LogP) is 5.28. The lowest BCUT2D eigenvalue weighted by Gasteiger charge is -2.35. The molecule has 1 aliphatic heterocycles. The minimum Gasteiger partial charge on any atom is -0.495 e. The van der Waals surface area contributed by atoms with Gasteiger partial charge in [0.15, 0.2) is 0 Å². The third kappa shape index (κ3) is 12.9. The molecule has 7 N–H and O–H groups in total. The first-order chi connectivity index (χ1) is 37.3. The van der Waals surface area contributed by atoms with E-state index in [0.717, 1.165) is 21.7 Å². The number of fused-ring (bicyclic) bond motifs is 2. The summed E-state index contributed by atoms with van der Waals surface area (Å²) >= 11 is 1.55. The Labute approximate surface area is 452 Å². The molecule has 0 saturated carbocycles. The van der Waals surface area contributed by atoms with Crippen molar-refractivity contribution in [2.45, 2.75) is 58.8 Å². The van der Waals surface area contributed by atoms with Crippen molar-refractivity contribution in [3.8, 4) is 16.2 Å². The third-order valence-electron chi connectivity index (χ3n) is 13.0. The minimum atomic E-state index is -1.06. The van der Waals surface area contributed by atoms with E-state index in [9.17, 15) is 38.3 Å². The van der Waals surface area contributed by atoms with Crippen LogP contribution in [0.1, 0.15) is 53.6 Å². The lowest BCUT2D eigenvalue weighted by Crippen LogP contribution is -2.58. The van der Waals surface area contributed by atoms with Crippen molar-refractivity contribution in [1.82, 2.24) is 50.3 Å². The number of benzene rings is 3. The van der Waals surface area contributed by atoms with Crippen LogP contribution in [-0.2, 0) is 35.2 Å². The van der Waals surface area contributed by atoms with Crippen LogP contribution < -0.4 is 31.3 Å². The molecule has 0 unspecified atom stereocenters. The van der Waals surface area contributed by atoms with Gasteiger partial charge in [0.2, 0.25) is 29.6 Å². The normalized spacial score (nSPS) is 14.8. The summed E-state index contributed by atoms with van der Waals surface area (Å²) in [5.41, 5.74) is 5.10. The molecule has 0 spiro atoms. The minimum absolute atomic E-state index is 0.0439. The zero-order chi connectivity index (χ0) is 55.8. The van der Waals surface area contributed by atoms with Crippen molar-refractivity contribution in [3.63, 3.8) is 0 Å². The number of methoxy groups -OCH3 is 1. The monoisotopic (exact) mass is 1090 g/mol. The van der Waals surface area contributed by atoms with Gasteiger partial charge in [-0.25, -0.2) is 9.37 Å². The van der Waals surface area contributed by atoms with E-state index in [1.165, 1.54) is 47.7 Å². The fraction of sp³-hybridized carbons (Fsp3) is 0.352. The number of halogens is 1. The van der Waals surface area contributed by atoms with Crippen molar-refractivity contribution in [2.24, 2.45) is 5.41 Å². The highest BCUT2D eigenvalue weighted by Crippen LogP contribution is 2.35. The highest BCUT2D eigenvalue weighted by molar-refractivity contribution is 7.13. The van der Waals surface area contributed by atoms with Gasteiger partial charge in [0, 0.05) is 51.4 Å². The van der Waals surface area contributed by atoms with Crippen molar-refractivity contribution >= 4 is 91.9 Å².